The number of fused-ring (bicyclic) bond motifs is 3. The van der Waals surface area contributed by atoms with Crippen molar-refractivity contribution in [3.05, 3.63) is 72.7 Å². The number of carbonyl (C=O) groups excluding carboxylic acids is 3. The fraction of sp³-hybridized carbons (Fsp3) is 0.333. The largest absolute Gasteiger partial charge is 0.341 e. The fourth-order valence-corrected chi connectivity index (χ4v) is 7.19. The van der Waals surface area contributed by atoms with Gasteiger partial charge in [-0.25, -0.2) is 4.98 Å². The lowest BCUT2D eigenvalue weighted by atomic mass is 10.0. The van der Waals surface area contributed by atoms with E-state index in [4.69, 9.17) is 0 Å². The van der Waals surface area contributed by atoms with Crippen molar-refractivity contribution in [2.45, 2.75) is 56.0 Å². The van der Waals surface area contributed by atoms with Gasteiger partial charge in [-0.2, -0.15) is 8.42 Å². The highest BCUT2D eigenvalue weighted by Gasteiger charge is 2.27. The number of ketones is 2. The molecule has 0 radical (unpaired) electrons. The molecule has 43 heavy (non-hydrogen) atoms. The molecule has 0 spiro atoms. The van der Waals surface area contributed by atoms with E-state index in [0.29, 0.717) is 48.5 Å². The van der Waals surface area contributed by atoms with Crippen molar-refractivity contribution < 1.29 is 27.4 Å². The molecule has 1 amide bonds. The number of benzene rings is 1. The van der Waals surface area contributed by atoms with E-state index in [-0.39, 0.29) is 17.8 Å². The maximum absolute atomic E-state index is 13.2. The van der Waals surface area contributed by atoms with Crippen molar-refractivity contribution >= 4 is 71.0 Å². The van der Waals surface area contributed by atoms with Crippen LogP contribution in [0.4, 0.5) is 0 Å². The van der Waals surface area contributed by atoms with Crippen LogP contribution in [0.2, 0.25) is 0 Å². The quantitative estimate of drug-likeness (QED) is 0.0653. The van der Waals surface area contributed by atoms with Crippen LogP contribution in [0.5, 0.6) is 0 Å². The van der Waals surface area contributed by atoms with Crippen molar-refractivity contribution in [1.29, 1.82) is 0 Å². The maximum atomic E-state index is 13.2. The molecule has 1 aromatic carbocycles. The van der Waals surface area contributed by atoms with Gasteiger partial charge in [-0.3, -0.25) is 28.9 Å². The first-order chi connectivity index (χ1) is 20.7. The van der Waals surface area contributed by atoms with Gasteiger partial charge >= 0.3 is 0 Å². The molecule has 0 aliphatic rings. The zero-order valence-electron chi connectivity index (χ0n) is 23.3. The highest BCUT2D eigenvalue weighted by molar-refractivity contribution is 8.76. The summed E-state index contributed by atoms with van der Waals surface area (Å²) in [7, 11) is -1.31. The number of carbonyl (C=O) groups is 3. The van der Waals surface area contributed by atoms with Gasteiger partial charge in [0.2, 0.25) is 0 Å². The molecule has 1 atom stereocenters. The second-order valence-electron chi connectivity index (χ2n) is 9.91. The Bertz CT molecular complexity index is 1690. The van der Waals surface area contributed by atoms with Gasteiger partial charge in [0.25, 0.3) is 16.0 Å². The van der Waals surface area contributed by atoms with Crippen LogP contribution in [0.3, 0.4) is 0 Å². The van der Waals surface area contributed by atoms with E-state index in [1.165, 1.54) is 12.3 Å². The van der Waals surface area contributed by atoms with Crippen molar-refractivity contribution in [2.75, 3.05) is 11.5 Å². The first kappa shape index (κ1) is 32.5. The highest BCUT2D eigenvalue weighted by atomic mass is 33.1. The van der Waals surface area contributed by atoms with Gasteiger partial charge in [-0.15, -0.1) is 0 Å². The number of amides is 1. The molecule has 0 fully saturated rings. The molecule has 0 bridgehead atoms. The normalized spacial score (nSPS) is 12.3. The summed E-state index contributed by atoms with van der Waals surface area (Å²) in [6.45, 7) is 0. The summed E-state index contributed by atoms with van der Waals surface area (Å²) in [4.78, 5) is 51.3. The minimum absolute atomic E-state index is 0.00168. The van der Waals surface area contributed by atoms with Crippen LogP contribution in [0.25, 0.3) is 21.8 Å². The van der Waals surface area contributed by atoms with E-state index >= 15 is 0 Å². The first-order valence-corrected chi connectivity index (χ1v) is 17.8. The van der Waals surface area contributed by atoms with Gasteiger partial charge in [-0.05, 0) is 54.3 Å². The molecule has 2 N–H and O–H groups in total. The number of rotatable bonds is 17. The van der Waals surface area contributed by atoms with E-state index in [0.717, 1.165) is 22.6 Å². The van der Waals surface area contributed by atoms with E-state index in [2.05, 4.69) is 20.3 Å². The molecule has 0 aliphatic heterocycles. The number of nitrogens with zero attached hydrogens (tertiary/aromatic N) is 3. The monoisotopic (exact) mass is 640 g/mol. The Labute approximate surface area is 258 Å². The number of hydrogen-bond acceptors (Lipinski definition) is 10. The Morgan fingerprint density at radius 2 is 1.58 bits per heavy atom. The smallest absolute Gasteiger partial charge is 0.267 e. The summed E-state index contributed by atoms with van der Waals surface area (Å²) in [6, 6.07) is 13.0. The molecule has 10 nitrogen and oxygen atoms in total. The molecule has 3 heterocycles. The minimum Gasteiger partial charge on any atom is -0.341 e. The summed E-state index contributed by atoms with van der Waals surface area (Å²) in [6.07, 6.45) is 8.14. The molecular formula is C30H32N4O6S3. The lowest BCUT2D eigenvalue weighted by Gasteiger charge is -2.17. The Balaban J connectivity index is 1.24. The zero-order chi connectivity index (χ0) is 30.7. The van der Waals surface area contributed by atoms with Gasteiger partial charge < -0.3 is 5.32 Å². The van der Waals surface area contributed by atoms with Gasteiger partial charge in [-0.1, -0.05) is 41.5 Å². The number of Topliss-reactive ketones (excluding diaryl/α,β-unsaturated/α-hetero) is 2. The van der Waals surface area contributed by atoms with Crippen LogP contribution in [0.15, 0.2) is 72.1 Å². The second kappa shape index (κ2) is 15.9. The van der Waals surface area contributed by atoms with Crippen LogP contribution < -0.4 is 5.32 Å². The highest BCUT2D eigenvalue weighted by Crippen LogP contribution is 2.29. The second-order valence-corrected chi connectivity index (χ2v) is 13.8. The number of nitrogens with one attached hydrogen (secondary N) is 1. The molecule has 0 saturated carbocycles. The molecule has 3 aromatic heterocycles. The molecule has 0 saturated heterocycles. The lowest BCUT2D eigenvalue weighted by Crippen LogP contribution is -2.45. The third kappa shape index (κ3) is 10.1. The predicted molar refractivity (Wildman–Crippen MR) is 170 cm³/mol. The maximum Gasteiger partial charge on any atom is 0.267 e. The average Bonchev–Trinajstić information content (AvgIpc) is 2.99. The van der Waals surface area contributed by atoms with Crippen molar-refractivity contribution in [3.8, 4) is 0 Å². The number of hydrogen-bond donors (Lipinski definition) is 2. The van der Waals surface area contributed by atoms with Crippen molar-refractivity contribution in [3.63, 3.8) is 0 Å². The number of aromatic nitrogens is 3. The van der Waals surface area contributed by atoms with Crippen molar-refractivity contribution in [1.82, 2.24) is 20.3 Å². The van der Waals surface area contributed by atoms with E-state index < -0.39 is 33.6 Å². The van der Waals surface area contributed by atoms with E-state index in [1.54, 1.807) is 52.2 Å². The standard InChI is InChI=1S/C30H32N4O6S3/c35-22(10-7-19-41-42-27-12-4-5-16-31-27)9-2-1-3-11-26(36)25(20-43(38,39)40)34-30(37)24-15-18-33-29-23(24)14-13-21-8-6-17-32-28(21)29/h4-6,8,12-18,25H,1-3,7,9-11,19-20H2,(H,34,37)(H,38,39,40). The third-order valence-corrected chi connectivity index (χ3v) is 9.75. The van der Waals surface area contributed by atoms with E-state index in [1.807, 2.05) is 24.3 Å². The molecule has 226 valence electrons. The summed E-state index contributed by atoms with van der Waals surface area (Å²) >= 11 is 0. The molecule has 4 rings (SSSR count). The average molecular weight is 641 g/mol. The molecule has 0 aliphatic carbocycles. The summed E-state index contributed by atoms with van der Waals surface area (Å²) in [5.74, 6) is -1.10. The Morgan fingerprint density at radius 3 is 2.37 bits per heavy atom. The SMILES string of the molecule is O=C(CCCCCC(=O)C(CS(=O)(=O)O)NC(=O)c1ccnc2c1ccc1cccnc12)CCCSSc1ccccn1. The molecule has 13 heteroatoms. The first-order valence-electron chi connectivity index (χ1n) is 13.8. The summed E-state index contributed by atoms with van der Waals surface area (Å²) < 4.78 is 32.8. The van der Waals surface area contributed by atoms with Crippen LogP contribution in [-0.2, 0) is 19.7 Å². The third-order valence-electron chi connectivity index (χ3n) is 6.64. The molecule has 4 aromatic rings. The van der Waals surface area contributed by atoms with Crippen LogP contribution in [-0.4, -0.2) is 62.9 Å². The van der Waals surface area contributed by atoms with Gasteiger partial charge in [0.1, 0.15) is 22.6 Å². The lowest BCUT2D eigenvalue weighted by molar-refractivity contribution is -0.120. The molecular weight excluding hydrogens is 609 g/mol. The fourth-order valence-electron chi connectivity index (χ4n) is 4.54. The Kier molecular flexibility index (Phi) is 12.0. The number of pyridine rings is 3. The zero-order valence-corrected chi connectivity index (χ0v) is 25.8. The topological polar surface area (TPSA) is 156 Å². The number of unbranched alkanes of at least 4 members (excludes halogenated alkanes) is 2. The Morgan fingerprint density at radius 1 is 0.814 bits per heavy atom. The minimum atomic E-state index is -4.55. The van der Waals surface area contributed by atoms with Gasteiger partial charge in [0.05, 0.1) is 16.6 Å². The van der Waals surface area contributed by atoms with Crippen LogP contribution >= 0.6 is 21.6 Å². The van der Waals surface area contributed by atoms with E-state index in [9.17, 15) is 27.4 Å². The predicted octanol–water partition coefficient (Wildman–Crippen LogP) is 5.47. The van der Waals surface area contributed by atoms with Gasteiger partial charge in [0.15, 0.2) is 5.78 Å². The van der Waals surface area contributed by atoms with Gasteiger partial charge in [0, 0.05) is 54.4 Å². The summed E-state index contributed by atoms with van der Waals surface area (Å²) in [5.41, 5.74) is 1.32. The Hall–Kier alpha value is -3.39. The van der Waals surface area contributed by atoms with Crippen LogP contribution in [0.1, 0.15) is 55.3 Å². The van der Waals surface area contributed by atoms with Crippen LogP contribution in [0, 0.1) is 0 Å². The molecule has 1 unspecified atom stereocenters. The summed E-state index contributed by atoms with van der Waals surface area (Å²) in [5, 5.41) is 4.77. The van der Waals surface area contributed by atoms with Crippen molar-refractivity contribution in [2.24, 2.45) is 0 Å².